The lowest BCUT2D eigenvalue weighted by Crippen LogP contribution is -2.39. The molecule has 0 spiro atoms. The van der Waals surface area contributed by atoms with E-state index < -0.39 is 12.0 Å². The first-order valence-corrected chi connectivity index (χ1v) is 5.26. The number of amides is 1. The fourth-order valence-corrected chi connectivity index (χ4v) is 1.36. The summed E-state index contributed by atoms with van der Waals surface area (Å²) in [5.41, 5.74) is 6.82. The Morgan fingerprint density at radius 1 is 1.47 bits per heavy atom. The number of hydrogen-bond donors (Lipinski definition) is 2. The first-order chi connectivity index (χ1) is 8.08. The molecular formula is C12H16N2O3. The van der Waals surface area contributed by atoms with Crippen LogP contribution in [0.15, 0.2) is 24.3 Å². The molecule has 17 heavy (non-hydrogen) atoms. The van der Waals surface area contributed by atoms with Gasteiger partial charge in [0, 0.05) is 12.1 Å². The smallest absolute Gasteiger partial charge is 0.328 e. The Morgan fingerprint density at radius 2 is 2.18 bits per heavy atom. The zero-order valence-electron chi connectivity index (χ0n) is 9.90. The highest BCUT2D eigenvalue weighted by Crippen LogP contribution is 2.05. The molecule has 1 rings (SSSR count). The van der Waals surface area contributed by atoms with E-state index in [2.05, 4.69) is 10.1 Å². The molecule has 92 valence electrons. The molecule has 0 fully saturated rings. The molecule has 3 N–H and O–H groups in total. The van der Waals surface area contributed by atoms with Gasteiger partial charge in [-0.3, -0.25) is 4.79 Å². The molecule has 0 aliphatic heterocycles. The van der Waals surface area contributed by atoms with E-state index in [0.29, 0.717) is 12.1 Å². The van der Waals surface area contributed by atoms with Crippen molar-refractivity contribution in [2.75, 3.05) is 7.11 Å². The highest BCUT2D eigenvalue weighted by atomic mass is 16.5. The third kappa shape index (κ3) is 3.57. The summed E-state index contributed by atoms with van der Waals surface area (Å²) in [4.78, 5) is 22.9. The van der Waals surface area contributed by atoms with Crippen molar-refractivity contribution in [3.05, 3.63) is 35.4 Å². The average molecular weight is 236 g/mol. The Labute approximate surface area is 99.9 Å². The van der Waals surface area contributed by atoms with Gasteiger partial charge in [0.15, 0.2) is 0 Å². The third-order valence-corrected chi connectivity index (χ3v) is 2.33. The molecule has 1 unspecified atom stereocenters. The molecule has 0 saturated carbocycles. The highest BCUT2D eigenvalue weighted by Gasteiger charge is 2.16. The van der Waals surface area contributed by atoms with Crippen LogP contribution in [0.5, 0.6) is 0 Å². The molecule has 1 amide bonds. The zero-order chi connectivity index (χ0) is 12.8. The van der Waals surface area contributed by atoms with Gasteiger partial charge in [-0.1, -0.05) is 12.1 Å². The van der Waals surface area contributed by atoms with Crippen LogP contribution in [0, 0.1) is 0 Å². The van der Waals surface area contributed by atoms with Crippen LogP contribution in [0.1, 0.15) is 22.8 Å². The molecule has 1 aromatic carbocycles. The Bertz CT molecular complexity index is 418. The molecule has 0 bridgehead atoms. The molecule has 1 aromatic rings. The van der Waals surface area contributed by atoms with Crippen molar-refractivity contribution < 1.29 is 14.3 Å². The number of hydrogen-bond acceptors (Lipinski definition) is 4. The molecule has 0 radical (unpaired) electrons. The summed E-state index contributed by atoms with van der Waals surface area (Å²) in [6.45, 7) is 1.93. The van der Waals surface area contributed by atoms with Crippen LogP contribution in [0.2, 0.25) is 0 Å². The number of rotatable bonds is 4. The average Bonchev–Trinajstić information content (AvgIpc) is 2.37. The summed E-state index contributed by atoms with van der Waals surface area (Å²) in [5.74, 6) is -0.800. The van der Waals surface area contributed by atoms with Gasteiger partial charge in [0.2, 0.25) is 0 Å². The second-order valence-electron chi connectivity index (χ2n) is 3.62. The van der Waals surface area contributed by atoms with E-state index in [4.69, 9.17) is 5.73 Å². The first kappa shape index (κ1) is 13.2. The number of carbonyl (C=O) groups is 2. The molecule has 0 aliphatic carbocycles. The second kappa shape index (κ2) is 6.00. The number of nitrogens with one attached hydrogen (secondary N) is 1. The maximum Gasteiger partial charge on any atom is 0.328 e. The second-order valence-corrected chi connectivity index (χ2v) is 3.62. The first-order valence-electron chi connectivity index (χ1n) is 5.26. The lowest BCUT2D eigenvalue weighted by atomic mass is 10.1. The van der Waals surface area contributed by atoms with Crippen LogP contribution in [0.25, 0.3) is 0 Å². The maximum absolute atomic E-state index is 11.8. The standard InChI is InChI=1S/C12H16N2O3/c1-8(12(16)17-2)14-11(15)10-5-3-4-9(6-10)7-13/h3-6,8H,7,13H2,1-2H3,(H,14,15). The minimum Gasteiger partial charge on any atom is -0.467 e. The van der Waals surface area contributed by atoms with Gasteiger partial charge in [-0.2, -0.15) is 0 Å². The lowest BCUT2D eigenvalue weighted by molar-refractivity contribution is -0.142. The van der Waals surface area contributed by atoms with Crippen LogP contribution in [-0.2, 0) is 16.1 Å². The normalized spacial score (nSPS) is 11.7. The van der Waals surface area contributed by atoms with Crippen LogP contribution >= 0.6 is 0 Å². The van der Waals surface area contributed by atoms with E-state index in [1.54, 1.807) is 25.1 Å². The molecular weight excluding hydrogens is 220 g/mol. The van der Waals surface area contributed by atoms with Crippen molar-refractivity contribution in [2.24, 2.45) is 5.73 Å². The SMILES string of the molecule is COC(=O)C(C)NC(=O)c1cccc(CN)c1. The Hall–Kier alpha value is -1.88. The number of methoxy groups -OCH3 is 1. The molecule has 0 aliphatic rings. The monoisotopic (exact) mass is 236 g/mol. The van der Waals surface area contributed by atoms with Gasteiger partial charge >= 0.3 is 5.97 Å². The van der Waals surface area contributed by atoms with Crippen LogP contribution in [0.3, 0.4) is 0 Å². The minimum atomic E-state index is -0.672. The van der Waals surface area contributed by atoms with Crippen molar-refractivity contribution in [1.29, 1.82) is 0 Å². The topological polar surface area (TPSA) is 81.4 Å². The number of carbonyl (C=O) groups excluding carboxylic acids is 2. The maximum atomic E-state index is 11.8. The zero-order valence-corrected chi connectivity index (χ0v) is 9.90. The lowest BCUT2D eigenvalue weighted by Gasteiger charge is -2.11. The van der Waals surface area contributed by atoms with E-state index in [0.717, 1.165) is 5.56 Å². The molecule has 1 atom stereocenters. The number of esters is 1. The van der Waals surface area contributed by atoms with Crippen molar-refractivity contribution in [3.8, 4) is 0 Å². The van der Waals surface area contributed by atoms with Crippen molar-refractivity contribution in [2.45, 2.75) is 19.5 Å². The predicted molar refractivity (Wildman–Crippen MR) is 63.3 cm³/mol. The summed E-state index contributed by atoms with van der Waals surface area (Å²) >= 11 is 0. The van der Waals surface area contributed by atoms with Gasteiger partial charge in [0.05, 0.1) is 7.11 Å². The summed E-state index contributed by atoms with van der Waals surface area (Å²) in [5, 5.41) is 2.54. The van der Waals surface area contributed by atoms with Crippen molar-refractivity contribution in [3.63, 3.8) is 0 Å². The number of ether oxygens (including phenoxy) is 1. The quantitative estimate of drug-likeness (QED) is 0.743. The van der Waals surface area contributed by atoms with Crippen LogP contribution in [-0.4, -0.2) is 25.0 Å². The summed E-state index contributed by atoms with van der Waals surface area (Å²) in [7, 11) is 1.28. The summed E-state index contributed by atoms with van der Waals surface area (Å²) in [6.07, 6.45) is 0. The van der Waals surface area contributed by atoms with Gasteiger partial charge in [0.1, 0.15) is 6.04 Å². The fraction of sp³-hybridized carbons (Fsp3) is 0.333. The van der Waals surface area contributed by atoms with Gasteiger partial charge in [-0.15, -0.1) is 0 Å². The Kier molecular flexibility index (Phi) is 4.66. The molecule has 0 saturated heterocycles. The van der Waals surface area contributed by atoms with E-state index in [9.17, 15) is 9.59 Å². The van der Waals surface area contributed by atoms with Crippen LogP contribution in [0.4, 0.5) is 0 Å². The van der Waals surface area contributed by atoms with Gasteiger partial charge in [-0.25, -0.2) is 4.79 Å². The molecule has 5 heteroatoms. The fourth-order valence-electron chi connectivity index (χ4n) is 1.36. The predicted octanol–water partition coefficient (Wildman–Crippen LogP) is 0.437. The molecule has 0 aromatic heterocycles. The van der Waals surface area contributed by atoms with Gasteiger partial charge in [0.25, 0.3) is 5.91 Å². The largest absolute Gasteiger partial charge is 0.467 e. The minimum absolute atomic E-state index is 0.321. The van der Waals surface area contributed by atoms with Crippen LogP contribution < -0.4 is 11.1 Å². The third-order valence-electron chi connectivity index (χ3n) is 2.33. The number of benzene rings is 1. The molecule has 5 nitrogen and oxygen atoms in total. The van der Waals surface area contributed by atoms with Crippen molar-refractivity contribution >= 4 is 11.9 Å². The Balaban J connectivity index is 2.72. The Morgan fingerprint density at radius 3 is 2.76 bits per heavy atom. The van der Waals surface area contributed by atoms with E-state index in [-0.39, 0.29) is 5.91 Å². The van der Waals surface area contributed by atoms with Gasteiger partial charge < -0.3 is 15.8 Å². The van der Waals surface area contributed by atoms with E-state index in [1.165, 1.54) is 7.11 Å². The summed E-state index contributed by atoms with van der Waals surface area (Å²) < 4.78 is 4.52. The van der Waals surface area contributed by atoms with Crippen molar-refractivity contribution in [1.82, 2.24) is 5.32 Å². The van der Waals surface area contributed by atoms with E-state index >= 15 is 0 Å². The summed E-state index contributed by atoms with van der Waals surface area (Å²) in [6, 6.07) is 6.27. The van der Waals surface area contributed by atoms with Gasteiger partial charge in [-0.05, 0) is 24.6 Å². The molecule has 0 heterocycles. The van der Waals surface area contributed by atoms with E-state index in [1.807, 2.05) is 6.07 Å². The number of nitrogens with two attached hydrogens (primary N) is 1. The highest BCUT2D eigenvalue weighted by molar-refractivity contribution is 5.96.